The van der Waals surface area contributed by atoms with E-state index in [2.05, 4.69) is 42.5 Å². The quantitative estimate of drug-likeness (QED) is 0.00897. The van der Waals surface area contributed by atoms with Crippen molar-refractivity contribution in [3.8, 4) is 22.9 Å². The number of hydrogen-bond donors (Lipinski definition) is 13. The molecule has 1 fully saturated rings. The van der Waals surface area contributed by atoms with E-state index in [0.717, 1.165) is 22.6 Å². The summed E-state index contributed by atoms with van der Waals surface area (Å²) < 4.78 is 29.4. The van der Waals surface area contributed by atoms with Crippen molar-refractivity contribution in [2.24, 2.45) is 0 Å². The second-order valence-electron chi connectivity index (χ2n) is 24.0. The Morgan fingerprint density at radius 3 is 2.16 bits per heavy atom. The molecule has 518 valence electrons. The van der Waals surface area contributed by atoms with Gasteiger partial charge in [-0.15, -0.1) is 0 Å². The normalized spacial score (nSPS) is 21.5. The third kappa shape index (κ3) is 15.9. The molecule has 0 bridgehead atoms. The number of rotatable bonds is 30. The number of aliphatic hydroxyl groups is 5. The van der Waals surface area contributed by atoms with Crippen LogP contribution in [0.25, 0.3) is 22.3 Å². The van der Waals surface area contributed by atoms with Crippen LogP contribution in [-0.4, -0.2) is 207 Å². The lowest BCUT2D eigenvalue weighted by Gasteiger charge is -2.40. The molecule has 0 saturated carbocycles. The van der Waals surface area contributed by atoms with Crippen LogP contribution in [-0.2, 0) is 98.5 Å². The van der Waals surface area contributed by atoms with E-state index >= 15 is 0 Å². The maximum absolute atomic E-state index is 14.1. The number of carbonyl (C=O) groups is 11. The number of imide groups is 1. The highest BCUT2D eigenvalue weighted by Crippen LogP contribution is 2.50. The minimum Gasteiger partial charge on any atom is -0.458 e. The molecule has 97 heavy (non-hydrogen) atoms. The van der Waals surface area contributed by atoms with Crippen LogP contribution in [0.1, 0.15) is 97.7 Å². The van der Waals surface area contributed by atoms with Crippen LogP contribution in [0, 0.1) is 0 Å². The lowest BCUT2D eigenvalue weighted by Crippen LogP contribution is -2.60. The van der Waals surface area contributed by atoms with Crippen LogP contribution >= 0.6 is 0 Å². The fraction of sp³-hybridized carbons (Fsp3) is 0.484. The number of amides is 10. The first-order valence-electron chi connectivity index (χ1n) is 31.7. The van der Waals surface area contributed by atoms with Gasteiger partial charge in [-0.25, -0.2) is 9.78 Å². The van der Waals surface area contributed by atoms with Gasteiger partial charge in [0, 0.05) is 72.6 Å². The fourth-order valence-corrected chi connectivity index (χ4v) is 12.5. The first-order valence-corrected chi connectivity index (χ1v) is 31.7. The Labute approximate surface area is 552 Å². The van der Waals surface area contributed by atoms with E-state index in [-0.39, 0.29) is 76.3 Å². The Morgan fingerprint density at radius 2 is 1.43 bits per heavy atom. The summed E-state index contributed by atoms with van der Waals surface area (Å²) in [7, 11) is 0. The van der Waals surface area contributed by atoms with Gasteiger partial charge in [0.1, 0.15) is 62.5 Å². The molecular weight excluding hydrogens is 1270 g/mol. The van der Waals surface area contributed by atoms with Gasteiger partial charge in [-0.2, -0.15) is 0 Å². The van der Waals surface area contributed by atoms with E-state index < -0.39 is 171 Å². The topological polar surface area (TPSA) is 469 Å². The standard InChI is InChI=1S/C64H75N11O22/c1-2-64(92)36-20-41-55-34(26-75(41)62(90)35(36)28-94-63(64)91)54-37(13-12-33-53(54)39(73-55)21-42-59(33)96-31-95-42)70-50(82)29-93-30-69-48(80)24-68-61(89)40(19-32-9-5-3-6-10-32)72-49(81)25-66-47(79)23-67-60(88)38(71-46(78)11-7-4-8-18-74-51(83)16-17-52(74)84)14-15-45(77)65-22-43-56(85)58(87)57(86)44(27-76)97-43/h3,5-6,9-10,16-17,20-21,37-38,40,43-44,56-58,76,85-87,92H,2,4,7-8,11-15,18-19,22-31H2,1H3,(H,65,77)(H,66,79)(H,67,88)(H,68,89)(H,69,80)(H,70,82)(H,71,78)(H,72,81)/t37-,38-,40-,43-,44+,56-,57+,58+,64-/m0/s1. The molecule has 9 atom stereocenters. The summed E-state index contributed by atoms with van der Waals surface area (Å²) >= 11 is 0. The summed E-state index contributed by atoms with van der Waals surface area (Å²) in [5, 5.41) is 72.5. The van der Waals surface area contributed by atoms with Gasteiger partial charge < -0.3 is 96.3 Å². The smallest absolute Gasteiger partial charge is 0.343 e. The van der Waals surface area contributed by atoms with E-state index in [1.54, 1.807) is 49.4 Å². The van der Waals surface area contributed by atoms with Crippen LogP contribution < -0.4 is 57.6 Å². The van der Waals surface area contributed by atoms with Gasteiger partial charge in [-0.1, -0.05) is 43.7 Å². The lowest BCUT2D eigenvalue weighted by molar-refractivity contribution is -0.227. The van der Waals surface area contributed by atoms with Crippen LogP contribution in [0.3, 0.4) is 0 Å². The van der Waals surface area contributed by atoms with E-state index in [9.17, 15) is 83.1 Å². The number of aryl methyl sites for hydroxylation is 1. The summed E-state index contributed by atoms with van der Waals surface area (Å²) in [5.41, 5.74) is 1.83. The summed E-state index contributed by atoms with van der Waals surface area (Å²) in [6.45, 7) is -2.59. The Balaban J connectivity index is 0.689. The van der Waals surface area contributed by atoms with Crippen LogP contribution in [0.4, 0.5) is 0 Å². The van der Waals surface area contributed by atoms with Gasteiger partial charge in [-0.05, 0) is 55.7 Å². The molecule has 2 aromatic heterocycles. The molecule has 1 aliphatic carbocycles. The van der Waals surface area contributed by atoms with Gasteiger partial charge in [0.2, 0.25) is 54.1 Å². The van der Waals surface area contributed by atoms with Crippen LogP contribution in [0.5, 0.6) is 11.5 Å². The van der Waals surface area contributed by atoms with E-state index in [1.807, 2.05) is 0 Å². The largest absolute Gasteiger partial charge is 0.458 e. The molecule has 10 rings (SSSR count). The van der Waals surface area contributed by atoms with Crippen LogP contribution in [0.2, 0.25) is 0 Å². The number of esters is 1. The van der Waals surface area contributed by atoms with Crippen molar-refractivity contribution in [3.05, 3.63) is 98.4 Å². The summed E-state index contributed by atoms with van der Waals surface area (Å²) in [4.78, 5) is 163. The highest BCUT2D eigenvalue weighted by Gasteiger charge is 2.47. The first-order chi connectivity index (χ1) is 46.6. The Morgan fingerprint density at radius 1 is 0.732 bits per heavy atom. The van der Waals surface area contributed by atoms with Crippen molar-refractivity contribution < 1.29 is 102 Å². The van der Waals surface area contributed by atoms with Gasteiger partial charge >= 0.3 is 5.97 Å². The molecule has 4 aromatic rings. The molecule has 0 radical (unpaired) electrons. The molecule has 5 aliphatic heterocycles. The average Bonchev–Trinajstić information content (AvgIpc) is 1.65. The van der Waals surface area contributed by atoms with Crippen molar-refractivity contribution >= 4 is 75.9 Å². The monoisotopic (exact) mass is 1350 g/mol. The second-order valence-corrected chi connectivity index (χ2v) is 24.0. The van der Waals surface area contributed by atoms with Crippen molar-refractivity contribution in [1.29, 1.82) is 0 Å². The SMILES string of the molecule is CC[C@@]1(O)C(=O)OCc2c1cc1n(c2=O)Cc2c-1nc1cc3c(c4c1c2[C@@H](NC(=O)COCNC(=O)CNC(=O)[C@H](Cc1ccccc1)NC(=O)CNC(=O)CNC(=O)[C@H](CCC(=O)NC[C@@H]1O[C@H](CO)[C@@H](O)[C@H](O)[C@H]1O)NC(=O)CCCCCN1C(=O)C=CC1=O)CC4)OCO3. The average molecular weight is 1350 g/mol. The lowest BCUT2D eigenvalue weighted by atomic mass is 9.82. The first kappa shape index (κ1) is 70.0. The zero-order valence-electron chi connectivity index (χ0n) is 52.7. The minimum absolute atomic E-state index is 0.00706. The summed E-state index contributed by atoms with van der Waals surface area (Å²) in [6, 6.07) is 8.56. The molecular formula is C64H75N11O22. The maximum atomic E-state index is 14.1. The third-order valence-corrected chi connectivity index (χ3v) is 17.6. The van der Waals surface area contributed by atoms with E-state index in [4.69, 9.17) is 28.7 Å². The van der Waals surface area contributed by atoms with Crippen molar-refractivity contribution in [2.75, 3.05) is 59.5 Å². The van der Waals surface area contributed by atoms with Crippen molar-refractivity contribution in [2.45, 2.75) is 139 Å². The third-order valence-electron chi connectivity index (χ3n) is 17.6. The van der Waals surface area contributed by atoms with E-state index in [1.165, 1.54) is 4.57 Å². The number of hydrogen-bond acceptors (Lipinski definition) is 23. The Hall–Kier alpha value is -9.77. The molecule has 0 unspecified atom stereocenters. The Bertz CT molecular complexity index is 3840. The number of unbranched alkanes of at least 4 members (excludes halogenated alkanes) is 2. The van der Waals surface area contributed by atoms with Gasteiger partial charge in [0.25, 0.3) is 17.4 Å². The molecule has 13 N–H and O–H groups in total. The Kier molecular flexibility index (Phi) is 22.4. The molecule has 10 amide bonds. The number of ether oxygens (including phenoxy) is 5. The number of carbonyl (C=O) groups excluding carboxylic acids is 11. The number of cyclic esters (lactones) is 1. The molecule has 33 nitrogen and oxygen atoms in total. The van der Waals surface area contributed by atoms with Crippen molar-refractivity contribution in [1.82, 2.24) is 57.0 Å². The van der Waals surface area contributed by atoms with Gasteiger partial charge in [-0.3, -0.25) is 57.6 Å². The molecule has 33 heteroatoms. The number of fused-ring (bicyclic) bond motifs is 7. The highest BCUT2D eigenvalue weighted by molar-refractivity contribution is 6.13. The number of aromatic nitrogens is 2. The predicted octanol–water partition coefficient (Wildman–Crippen LogP) is -4.21. The number of aliphatic hydroxyl groups excluding tert-OH is 4. The van der Waals surface area contributed by atoms with E-state index in [0.29, 0.717) is 76.2 Å². The number of nitrogens with one attached hydrogen (secondary N) is 8. The molecule has 2 aromatic carbocycles. The zero-order valence-corrected chi connectivity index (χ0v) is 52.7. The summed E-state index contributed by atoms with van der Waals surface area (Å²) in [6.07, 6.45) is -4.08. The number of pyridine rings is 2. The second kappa shape index (κ2) is 31.0. The molecule has 6 aliphatic rings. The van der Waals surface area contributed by atoms with Gasteiger partial charge in [0.15, 0.2) is 17.1 Å². The molecule has 1 saturated heterocycles. The number of nitrogens with zero attached hydrogens (tertiary/aromatic N) is 3. The highest BCUT2D eigenvalue weighted by atomic mass is 16.7. The fourth-order valence-electron chi connectivity index (χ4n) is 12.5. The minimum atomic E-state index is -2.05. The predicted molar refractivity (Wildman–Crippen MR) is 332 cm³/mol. The molecule has 7 heterocycles. The molecule has 0 spiro atoms. The van der Waals surface area contributed by atoms with Crippen LogP contribution in [0.15, 0.2) is 59.4 Å². The zero-order chi connectivity index (χ0) is 69.2. The van der Waals surface area contributed by atoms with Crippen molar-refractivity contribution in [3.63, 3.8) is 0 Å². The number of benzene rings is 2. The van der Waals surface area contributed by atoms with Gasteiger partial charge in [0.05, 0.1) is 61.3 Å². The summed E-state index contributed by atoms with van der Waals surface area (Å²) in [5.74, 6) is -6.72. The maximum Gasteiger partial charge on any atom is 0.343 e.